The Morgan fingerprint density at radius 3 is 2.63 bits per heavy atom. The number of hydrogen-bond donors (Lipinski definition) is 2. The zero-order valence-corrected chi connectivity index (χ0v) is 11.8. The molecule has 0 saturated heterocycles. The lowest BCUT2D eigenvalue weighted by Crippen LogP contribution is -2.13. The fourth-order valence-corrected chi connectivity index (χ4v) is 2.30. The number of nitrogen functional groups attached to an aromatic ring is 1. The number of aryl methyl sites for hydroxylation is 1. The minimum Gasteiger partial charge on any atom is -0.396 e. The molecule has 3 N–H and O–H groups in total. The van der Waals surface area contributed by atoms with Gasteiger partial charge >= 0.3 is 0 Å². The van der Waals surface area contributed by atoms with Gasteiger partial charge < -0.3 is 11.1 Å². The first-order chi connectivity index (χ1) is 8.97. The highest BCUT2D eigenvalue weighted by Crippen LogP contribution is 2.21. The molecule has 0 atom stereocenters. The Bertz CT molecular complexity index is 643. The summed E-state index contributed by atoms with van der Waals surface area (Å²) in [5.41, 5.74) is 7.46. The topological polar surface area (TPSA) is 55.1 Å². The van der Waals surface area contributed by atoms with Crippen LogP contribution < -0.4 is 11.1 Å². The van der Waals surface area contributed by atoms with Crippen LogP contribution in [0.15, 0.2) is 40.9 Å². The number of nitrogens with two attached hydrogens (primary N) is 1. The predicted molar refractivity (Wildman–Crippen MR) is 77.6 cm³/mol. The van der Waals surface area contributed by atoms with Crippen molar-refractivity contribution in [3.05, 3.63) is 57.8 Å². The summed E-state index contributed by atoms with van der Waals surface area (Å²) in [5, 5.41) is 2.67. The normalized spacial score (nSPS) is 10.3. The van der Waals surface area contributed by atoms with Gasteiger partial charge in [-0.3, -0.25) is 4.79 Å². The van der Waals surface area contributed by atoms with Gasteiger partial charge in [-0.2, -0.15) is 0 Å². The lowest BCUT2D eigenvalue weighted by atomic mass is 10.1. The van der Waals surface area contributed by atoms with Crippen LogP contribution in [0.2, 0.25) is 0 Å². The number of hydrogen-bond acceptors (Lipinski definition) is 2. The van der Waals surface area contributed by atoms with Gasteiger partial charge in [-0.25, -0.2) is 4.39 Å². The monoisotopic (exact) mass is 322 g/mol. The highest BCUT2D eigenvalue weighted by atomic mass is 79.9. The van der Waals surface area contributed by atoms with E-state index in [2.05, 4.69) is 21.2 Å². The van der Waals surface area contributed by atoms with Crippen molar-refractivity contribution in [2.24, 2.45) is 0 Å². The van der Waals surface area contributed by atoms with E-state index in [0.29, 0.717) is 15.7 Å². The molecule has 0 aliphatic rings. The van der Waals surface area contributed by atoms with E-state index in [1.54, 1.807) is 6.07 Å². The van der Waals surface area contributed by atoms with Crippen LogP contribution in [-0.2, 0) is 0 Å². The number of halogens is 2. The van der Waals surface area contributed by atoms with Gasteiger partial charge in [-0.15, -0.1) is 0 Å². The zero-order chi connectivity index (χ0) is 14.0. The lowest BCUT2D eigenvalue weighted by Gasteiger charge is -2.08. The van der Waals surface area contributed by atoms with Crippen molar-refractivity contribution in [3.8, 4) is 0 Å². The second-order valence-electron chi connectivity index (χ2n) is 4.17. The molecule has 0 aliphatic heterocycles. The Balaban J connectivity index is 2.23. The maximum absolute atomic E-state index is 13.0. The van der Waals surface area contributed by atoms with Crippen molar-refractivity contribution in [2.75, 3.05) is 11.1 Å². The molecule has 0 aromatic heterocycles. The van der Waals surface area contributed by atoms with Crippen LogP contribution >= 0.6 is 15.9 Å². The summed E-state index contributed by atoms with van der Waals surface area (Å²) in [5.74, 6) is -0.785. The van der Waals surface area contributed by atoms with Gasteiger partial charge in [0, 0.05) is 10.2 Å². The van der Waals surface area contributed by atoms with E-state index >= 15 is 0 Å². The molecule has 2 rings (SSSR count). The number of rotatable bonds is 2. The zero-order valence-electron chi connectivity index (χ0n) is 10.2. The van der Waals surface area contributed by atoms with Crippen molar-refractivity contribution in [2.45, 2.75) is 6.92 Å². The molecule has 0 saturated carbocycles. The van der Waals surface area contributed by atoms with Gasteiger partial charge in [0.1, 0.15) is 5.82 Å². The first-order valence-electron chi connectivity index (χ1n) is 5.60. The van der Waals surface area contributed by atoms with Gasteiger partial charge in [-0.1, -0.05) is 6.07 Å². The van der Waals surface area contributed by atoms with E-state index in [9.17, 15) is 9.18 Å². The first-order valence-corrected chi connectivity index (χ1v) is 6.39. The molecule has 0 bridgehead atoms. The average molecular weight is 323 g/mol. The number of benzene rings is 2. The van der Waals surface area contributed by atoms with Gasteiger partial charge in [0.25, 0.3) is 5.91 Å². The summed E-state index contributed by atoms with van der Waals surface area (Å²) >= 11 is 3.34. The highest BCUT2D eigenvalue weighted by molar-refractivity contribution is 9.10. The molecular formula is C14H12BrFN2O. The van der Waals surface area contributed by atoms with E-state index in [4.69, 9.17) is 5.73 Å². The van der Waals surface area contributed by atoms with Crippen LogP contribution in [0.3, 0.4) is 0 Å². The highest BCUT2D eigenvalue weighted by Gasteiger charge is 2.11. The van der Waals surface area contributed by atoms with Crippen LogP contribution in [0, 0.1) is 12.7 Å². The molecule has 98 valence electrons. The predicted octanol–water partition coefficient (Wildman–Crippen LogP) is 3.73. The summed E-state index contributed by atoms with van der Waals surface area (Å²) in [4.78, 5) is 12.1. The molecule has 19 heavy (non-hydrogen) atoms. The molecule has 0 heterocycles. The Kier molecular flexibility index (Phi) is 3.85. The molecule has 1 amide bonds. The van der Waals surface area contributed by atoms with Crippen LogP contribution in [0.1, 0.15) is 15.9 Å². The quantitative estimate of drug-likeness (QED) is 0.828. The summed E-state index contributed by atoms with van der Waals surface area (Å²) in [6.07, 6.45) is 0. The SMILES string of the molecule is Cc1ccc(C(=O)Nc2ccc(F)c(N)c2)c(Br)c1. The Hall–Kier alpha value is -1.88. The van der Waals surface area contributed by atoms with Gasteiger partial charge in [0.15, 0.2) is 0 Å². The van der Waals surface area contributed by atoms with Crippen molar-refractivity contribution < 1.29 is 9.18 Å². The number of amides is 1. The Labute approximate surface area is 118 Å². The van der Waals surface area contributed by atoms with Crippen LogP contribution in [0.25, 0.3) is 0 Å². The molecule has 0 fully saturated rings. The van der Waals surface area contributed by atoms with Crippen LogP contribution in [-0.4, -0.2) is 5.91 Å². The molecule has 3 nitrogen and oxygen atoms in total. The van der Waals surface area contributed by atoms with Crippen LogP contribution in [0.4, 0.5) is 15.8 Å². The van der Waals surface area contributed by atoms with Gasteiger partial charge in [0.05, 0.1) is 11.3 Å². The second-order valence-corrected chi connectivity index (χ2v) is 5.03. The summed E-state index contributed by atoms with van der Waals surface area (Å²) in [7, 11) is 0. The average Bonchev–Trinajstić information content (AvgIpc) is 2.33. The van der Waals surface area contributed by atoms with Crippen molar-refractivity contribution in [3.63, 3.8) is 0 Å². The van der Waals surface area contributed by atoms with Crippen molar-refractivity contribution in [1.29, 1.82) is 0 Å². The van der Waals surface area contributed by atoms with Gasteiger partial charge in [-0.05, 0) is 58.7 Å². The number of carbonyl (C=O) groups is 1. The van der Waals surface area contributed by atoms with Crippen LogP contribution in [0.5, 0.6) is 0 Å². The maximum atomic E-state index is 13.0. The van der Waals surface area contributed by atoms with E-state index < -0.39 is 5.82 Å². The molecule has 0 radical (unpaired) electrons. The second kappa shape index (κ2) is 5.40. The third kappa shape index (κ3) is 3.12. The fourth-order valence-electron chi connectivity index (χ4n) is 1.62. The number of anilines is 2. The molecule has 2 aromatic rings. The van der Waals surface area contributed by atoms with E-state index in [-0.39, 0.29) is 11.6 Å². The standard InChI is InChI=1S/C14H12BrFN2O/c1-8-2-4-10(11(15)6-8)14(19)18-9-3-5-12(16)13(17)7-9/h2-7H,17H2,1H3,(H,18,19). The van der Waals surface area contributed by atoms with E-state index in [1.165, 1.54) is 18.2 Å². The fraction of sp³-hybridized carbons (Fsp3) is 0.0714. The maximum Gasteiger partial charge on any atom is 0.256 e. The Morgan fingerprint density at radius 2 is 2.00 bits per heavy atom. The summed E-state index contributed by atoms with van der Waals surface area (Å²) in [6.45, 7) is 1.94. The van der Waals surface area contributed by atoms with Gasteiger partial charge in [0.2, 0.25) is 0 Å². The first kappa shape index (κ1) is 13.5. The van der Waals surface area contributed by atoms with Crippen molar-refractivity contribution in [1.82, 2.24) is 0 Å². The minimum atomic E-state index is -0.505. The lowest BCUT2D eigenvalue weighted by molar-refractivity contribution is 0.102. The summed E-state index contributed by atoms with van der Waals surface area (Å²) < 4.78 is 13.7. The molecule has 0 spiro atoms. The molecule has 0 aliphatic carbocycles. The smallest absolute Gasteiger partial charge is 0.256 e. The number of carbonyl (C=O) groups excluding carboxylic acids is 1. The van der Waals surface area contributed by atoms with Crippen molar-refractivity contribution >= 4 is 33.2 Å². The molecular weight excluding hydrogens is 311 g/mol. The largest absolute Gasteiger partial charge is 0.396 e. The number of nitrogens with one attached hydrogen (secondary N) is 1. The van der Waals surface area contributed by atoms with E-state index in [0.717, 1.165) is 5.56 Å². The summed E-state index contributed by atoms with van der Waals surface area (Å²) in [6, 6.07) is 9.49. The Morgan fingerprint density at radius 1 is 1.26 bits per heavy atom. The third-order valence-corrected chi connectivity index (χ3v) is 3.28. The minimum absolute atomic E-state index is 0.000715. The molecule has 5 heteroatoms. The van der Waals surface area contributed by atoms with E-state index in [1.807, 2.05) is 19.1 Å². The molecule has 2 aromatic carbocycles. The molecule has 0 unspecified atom stereocenters. The third-order valence-electron chi connectivity index (χ3n) is 2.62.